The molecular formula is C28H20BrN5O3. The van der Waals surface area contributed by atoms with Gasteiger partial charge < -0.3 is 14.5 Å². The molecule has 0 saturated carbocycles. The maximum absolute atomic E-state index is 13.0. The Kier molecular flexibility index (Phi) is 5.90. The van der Waals surface area contributed by atoms with Gasteiger partial charge in [-0.15, -0.1) is 0 Å². The van der Waals surface area contributed by atoms with Crippen LogP contribution in [0.2, 0.25) is 0 Å². The van der Waals surface area contributed by atoms with Gasteiger partial charge in [0, 0.05) is 9.86 Å². The van der Waals surface area contributed by atoms with Gasteiger partial charge in [0.05, 0.1) is 30.1 Å². The molecule has 6 aromatic rings. The number of nitrogens with zero attached hydrogens (tertiary/aromatic N) is 4. The molecule has 0 amide bonds. The Labute approximate surface area is 219 Å². The molecule has 8 nitrogen and oxygen atoms in total. The second-order valence-corrected chi connectivity index (χ2v) is 9.27. The van der Waals surface area contributed by atoms with E-state index in [-0.39, 0.29) is 5.56 Å². The molecule has 0 unspecified atom stereocenters. The van der Waals surface area contributed by atoms with Gasteiger partial charge >= 0.3 is 0 Å². The van der Waals surface area contributed by atoms with Crippen molar-refractivity contribution in [3.05, 3.63) is 105 Å². The van der Waals surface area contributed by atoms with E-state index in [0.29, 0.717) is 40.7 Å². The van der Waals surface area contributed by atoms with Gasteiger partial charge in [0.15, 0.2) is 5.65 Å². The van der Waals surface area contributed by atoms with E-state index in [1.807, 2.05) is 78.9 Å². The smallest absolute Gasteiger partial charge is 0.262 e. The number of halogens is 1. The van der Waals surface area contributed by atoms with E-state index in [1.54, 1.807) is 4.68 Å². The van der Waals surface area contributed by atoms with E-state index in [1.165, 1.54) is 13.3 Å². The minimum atomic E-state index is -0.301. The van der Waals surface area contributed by atoms with Crippen molar-refractivity contribution in [1.82, 2.24) is 24.7 Å². The van der Waals surface area contributed by atoms with Crippen LogP contribution in [0.3, 0.4) is 0 Å². The van der Waals surface area contributed by atoms with Crippen LogP contribution in [0.1, 0.15) is 5.56 Å². The zero-order valence-electron chi connectivity index (χ0n) is 19.7. The number of aromatic amines is 1. The van der Waals surface area contributed by atoms with Gasteiger partial charge in [0.25, 0.3) is 5.56 Å². The monoisotopic (exact) mass is 553 g/mol. The van der Waals surface area contributed by atoms with Crippen molar-refractivity contribution in [3.8, 4) is 28.7 Å². The van der Waals surface area contributed by atoms with Gasteiger partial charge in [-0.3, -0.25) is 4.79 Å². The Hall–Kier alpha value is -4.50. The number of fused-ring (bicyclic) bond motifs is 2. The van der Waals surface area contributed by atoms with Crippen LogP contribution in [0.15, 0.2) is 94.3 Å². The van der Waals surface area contributed by atoms with Crippen LogP contribution in [0.5, 0.6) is 11.6 Å². The Bertz CT molecular complexity index is 1800. The van der Waals surface area contributed by atoms with Crippen molar-refractivity contribution in [2.45, 2.75) is 6.61 Å². The molecule has 3 aromatic heterocycles. The SMILES string of the molecule is COc1nc2ccc(OCc3ccccc3)cc2cc1-c1nc2c(cnn2-c2ccc(Br)cc2)c(=O)[nH]1. The molecule has 0 aliphatic heterocycles. The van der Waals surface area contributed by atoms with Crippen molar-refractivity contribution >= 4 is 37.9 Å². The average Bonchev–Trinajstić information content (AvgIpc) is 3.36. The van der Waals surface area contributed by atoms with Gasteiger partial charge in [-0.2, -0.15) is 5.10 Å². The Morgan fingerprint density at radius 3 is 2.57 bits per heavy atom. The summed E-state index contributed by atoms with van der Waals surface area (Å²) < 4.78 is 14.1. The number of rotatable bonds is 6. The van der Waals surface area contributed by atoms with E-state index in [0.717, 1.165) is 26.6 Å². The van der Waals surface area contributed by atoms with Crippen LogP contribution in [0.25, 0.3) is 39.0 Å². The molecule has 0 atom stereocenters. The fourth-order valence-electron chi connectivity index (χ4n) is 4.11. The van der Waals surface area contributed by atoms with Gasteiger partial charge in [0.1, 0.15) is 23.6 Å². The van der Waals surface area contributed by atoms with E-state index in [4.69, 9.17) is 14.5 Å². The second-order valence-electron chi connectivity index (χ2n) is 8.36. The Morgan fingerprint density at radius 1 is 0.973 bits per heavy atom. The zero-order valence-corrected chi connectivity index (χ0v) is 21.3. The lowest BCUT2D eigenvalue weighted by Gasteiger charge is -2.11. The lowest BCUT2D eigenvalue weighted by atomic mass is 10.1. The maximum atomic E-state index is 13.0. The lowest BCUT2D eigenvalue weighted by Crippen LogP contribution is -2.11. The summed E-state index contributed by atoms with van der Waals surface area (Å²) in [7, 11) is 1.54. The normalized spacial score (nSPS) is 11.2. The number of aromatic nitrogens is 5. The molecule has 3 heterocycles. The topological polar surface area (TPSA) is 94.9 Å². The highest BCUT2D eigenvalue weighted by Gasteiger charge is 2.17. The molecule has 1 N–H and O–H groups in total. The molecule has 3 aromatic carbocycles. The summed E-state index contributed by atoms with van der Waals surface area (Å²) in [6.45, 7) is 0.453. The molecular weight excluding hydrogens is 534 g/mol. The summed E-state index contributed by atoms with van der Waals surface area (Å²) in [5.74, 6) is 1.39. The summed E-state index contributed by atoms with van der Waals surface area (Å²) in [5.41, 5.74) is 3.28. The van der Waals surface area contributed by atoms with E-state index in [2.05, 4.69) is 31.0 Å². The fourth-order valence-corrected chi connectivity index (χ4v) is 4.37. The molecule has 0 aliphatic carbocycles. The van der Waals surface area contributed by atoms with Crippen LogP contribution in [0, 0.1) is 0 Å². The number of benzene rings is 3. The number of H-pyrrole nitrogens is 1. The molecule has 0 aliphatic rings. The Morgan fingerprint density at radius 2 is 1.78 bits per heavy atom. The molecule has 0 fully saturated rings. The summed E-state index contributed by atoms with van der Waals surface area (Å²) in [6.07, 6.45) is 1.51. The van der Waals surface area contributed by atoms with Crippen molar-refractivity contribution in [2.75, 3.05) is 7.11 Å². The van der Waals surface area contributed by atoms with Gasteiger partial charge in [-0.25, -0.2) is 14.6 Å². The van der Waals surface area contributed by atoms with Crippen LogP contribution in [-0.2, 0) is 6.61 Å². The van der Waals surface area contributed by atoms with Crippen molar-refractivity contribution in [2.24, 2.45) is 0 Å². The van der Waals surface area contributed by atoms with Crippen LogP contribution in [-0.4, -0.2) is 31.8 Å². The standard InChI is InChI=1S/C28H20BrN5O3/c1-36-28-22(14-18-13-21(11-12-24(18)31-28)37-16-17-5-3-2-4-6-17)25-32-26-23(27(35)33-25)15-30-34(26)20-9-7-19(29)8-10-20/h2-15H,16H2,1H3,(H,32,33,35). The zero-order chi connectivity index (χ0) is 25.4. The highest BCUT2D eigenvalue weighted by Crippen LogP contribution is 2.32. The van der Waals surface area contributed by atoms with E-state index < -0.39 is 0 Å². The predicted octanol–water partition coefficient (Wildman–Crippen LogP) is 5.67. The van der Waals surface area contributed by atoms with Crippen molar-refractivity contribution in [3.63, 3.8) is 0 Å². The third-order valence-electron chi connectivity index (χ3n) is 5.96. The number of hydrogen-bond donors (Lipinski definition) is 1. The summed E-state index contributed by atoms with van der Waals surface area (Å²) in [6, 6.07) is 25.1. The van der Waals surface area contributed by atoms with E-state index in [9.17, 15) is 4.79 Å². The van der Waals surface area contributed by atoms with Gasteiger partial charge in [-0.05, 0) is 54.1 Å². The number of nitrogens with one attached hydrogen (secondary N) is 1. The minimum Gasteiger partial charge on any atom is -0.489 e. The second kappa shape index (κ2) is 9.51. The van der Waals surface area contributed by atoms with Crippen molar-refractivity contribution in [1.29, 1.82) is 0 Å². The summed E-state index contributed by atoms with van der Waals surface area (Å²) >= 11 is 3.44. The number of ether oxygens (including phenoxy) is 2. The van der Waals surface area contributed by atoms with Crippen LogP contribution in [0.4, 0.5) is 0 Å². The first-order valence-electron chi connectivity index (χ1n) is 11.5. The Balaban J connectivity index is 1.43. The molecule has 6 rings (SSSR count). The summed E-state index contributed by atoms with van der Waals surface area (Å²) in [5, 5.41) is 5.61. The van der Waals surface area contributed by atoms with Crippen molar-refractivity contribution < 1.29 is 9.47 Å². The largest absolute Gasteiger partial charge is 0.489 e. The van der Waals surface area contributed by atoms with Crippen LogP contribution >= 0.6 is 15.9 Å². The first kappa shape index (κ1) is 22.9. The number of pyridine rings is 1. The van der Waals surface area contributed by atoms with Gasteiger partial charge in [-0.1, -0.05) is 46.3 Å². The average molecular weight is 554 g/mol. The first-order valence-corrected chi connectivity index (χ1v) is 12.3. The summed E-state index contributed by atoms with van der Waals surface area (Å²) in [4.78, 5) is 25.2. The maximum Gasteiger partial charge on any atom is 0.262 e. The molecule has 0 spiro atoms. The van der Waals surface area contributed by atoms with Gasteiger partial charge in [0.2, 0.25) is 5.88 Å². The molecule has 37 heavy (non-hydrogen) atoms. The molecule has 0 radical (unpaired) electrons. The lowest BCUT2D eigenvalue weighted by molar-refractivity contribution is 0.306. The molecule has 0 saturated heterocycles. The highest BCUT2D eigenvalue weighted by molar-refractivity contribution is 9.10. The molecule has 0 bridgehead atoms. The third-order valence-corrected chi connectivity index (χ3v) is 6.49. The number of methoxy groups -OCH3 is 1. The van der Waals surface area contributed by atoms with Crippen LogP contribution < -0.4 is 15.0 Å². The number of hydrogen-bond acceptors (Lipinski definition) is 6. The quantitative estimate of drug-likeness (QED) is 0.285. The fraction of sp³-hybridized carbons (Fsp3) is 0.0714. The highest BCUT2D eigenvalue weighted by atomic mass is 79.9. The molecule has 182 valence electrons. The first-order chi connectivity index (χ1) is 18.1. The van der Waals surface area contributed by atoms with E-state index >= 15 is 0 Å². The molecule has 9 heteroatoms. The predicted molar refractivity (Wildman–Crippen MR) is 145 cm³/mol. The third kappa shape index (κ3) is 4.45. The minimum absolute atomic E-state index is 0.301.